The number of carbonyl (C=O) groups is 2. The number of amides is 2. The van der Waals surface area contributed by atoms with Crippen molar-refractivity contribution in [2.24, 2.45) is 17.8 Å². The zero-order chi connectivity index (χ0) is 31.0. The van der Waals surface area contributed by atoms with E-state index in [1.165, 1.54) is 4.90 Å². The van der Waals surface area contributed by atoms with Gasteiger partial charge in [-0.15, -0.1) is 0 Å². The number of ether oxygens (including phenoxy) is 2. The van der Waals surface area contributed by atoms with Crippen LogP contribution in [-0.2, 0) is 20.9 Å². The molecule has 43 heavy (non-hydrogen) atoms. The molecule has 2 heterocycles. The molecule has 1 aliphatic heterocycles. The average Bonchev–Trinajstić information content (AvgIpc) is 3.75. The number of aromatic nitrogens is 1. The second kappa shape index (κ2) is 15.0. The summed E-state index contributed by atoms with van der Waals surface area (Å²) in [7, 11) is 0. The minimum absolute atomic E-state index is 0.190. The first-order valence-corrected chi connectivity index (χ1v) is 15.6. The monoisotopic (exact) mass is 598 g/mol. The number of nitrogens with one attached hydrogen (secondary N) is 1. The predicted octanol–water partition coefficient (Wildman–Crippen LogP) is 4.52. The lowest BCUT2D eigenvalue weighted by Gasteiger charge is -2.40. The van der Waals surface area contributed by atoms with Gasteiger partial charge in [0.05, 0.1) is 45.6 Å². The Kier molecular flexibility index (Phi) is 11.4. The van der Waals surface area contributed by atoms with E-state index in [4.69, 9.17) is 14.5 Å². The van der Waals surface area contributed by atoms with Crippen molar-refractivity contribution in [2.75, 3.05) is 42.7 Å². The van der Waals surface area contributed by atoms with Crippen LogP contribution in [-0.4, -0.2) is 73.1 Å². The standard InChI is InChI=1S/C33H47FN4O5/c1-5-33(6-2,32(41)35-28(18-39)14-23(3)4)38(22-40)30-13-12-29(37-16-27(34)17-37)31(36-30)43-21-26-15-25(26)20-42-19-24-10-8-7-9-11-24/h7-13,22-23,25-28,39H,5-6,14-21H2,1-4H3,(H,35,41)/t25?,26?,28-/m0/s1. The number of hydrogen-bond donors (Lipinski definition) is 2. The summed E-state index contributed by atoms with van der Waals surface area (Å²) in [4.78, 5) is 34.3. The number of rotatable bonds is 18. The molecular weight excluding hydrogens is 551 g/mol. The Bertz CT molecular complexity index is 1190. The highest BCUT2D eigenvalue weighted by Gasteiger charge is 2.43. The van der Waals surface area contributed by atoms with E-state index in [0.29, 0.717) is 68.9 Å². The molecule has 1 aromatic carbocycles. The van der Waals surface area contributed by atoms with E-state index >= 15 is 0 Å². The molecule has 1 saturated heterocycles. The number of nitrogens with zero attached hydrogens (tertiary/aromatic N) is 3. The molecule has 0 bridgehead atoms. The maximum absolute atomic E-state index is 13.8. The highest BCUT2D eigenvalue weighted by atomic mass is 19.1. The number of carbonyl (C=O) groups excluding carboxylic acids is 2. The molecule has 1 saturated carbocycles. The molecule has 2 aromatic rings. The maximum Gasteiger partial charge on any atom is 0.246 e. The highest BCUT2D eigenvalue weighted by Crippen LogP contribution is 2.41. The molecule has 236 valence electrons. The van der Waals surface area contributed by atoms with E-state index in [-0.39, 0.29) is 37.3 Å². The number of benzene rings is 1. The molecule has 2 fully saturated rings. The summed E-state index contributed by atoms with van der Waals surface area (Å²) >= 11 is 0. The second-order valence-corrected chi connectivity index (χ2v) is 12.3. The van der Waals surface area contributed by atoms with Crippen LogP contribution in [0.15, 0.2) is 42.5 Å². The Labute approximate surface area is 254 Å². The fraction of sp³-hybridized carbons (Fsp3) is 0.606. The third-order valence-electron chi connectivity index (χ3n) is 8.67. The van der Waals surface area contributed by atoms with Crippen LogP contribution in [0.4, 0.5) is 15.9 Å². The van der Waals surface area contributed by atoms with Crippen LogP contribution in [0.1, 0.15) is 58.9 Å². The Morgan fingerprint density at radius 1 is 1.16 bits per heavy atom. The van der Waals surface area contributed by atoms with Crippen LogP contribution in [0.3, 0.4) is 0 Å². The van der Waals surface area contributed by atoms with Crippen LogP contribution >= 0.6 is 0 Å². The molecule has 0 radical (unpaired) electrons. The van der Waals surface area contributed by atoms with Gasteiger partial charge in [0.15, 0.2) is 0 Å². The minimum Gasteiger partial charge on any atom is -0.476 e. The first kappa shape index (κ1) is 32.7. The minimum atomic E-state index is -1.21. The molecule has 4 rings (SSSR count). The number of aliphatic hydroxyl groups excluding tert-OH is 1. The van der Waals surface area contributed by atoms with Gasteiger partial charge in [-0.2, -0.15) is 4.98 Å². The Morgan fingerprint density at radius 3 is 2.47 bits per heavy atom. The van der Waals surface area contributed by atoms with Gasteiger partial charge in [0.25, 0.3) is 0 Å². The molecule has 1 aromatic heterocycles. The Hall–Kier alpha value is -3.24. The Morgan fingerprint density at radius 2 is 1.86 bits per heavy atom. The molecule has 3 atom stereocenters. The zero-order valence-corrected chi connectivity index (χ0v) is 25.9. The van der Waals surface area contributed by atoms with Gasteiger partial charge >= 0.3 is 0 Å². The summed E-state index contributed by atoms with van der Waals surface area (Å²) < 4.78 is 25.9. The van der Waals surface area contributed by atoms with Crippen LogP contribution in [0, 0.1) is 17.8 Å². The smallest absolute Gasteiger partial charge is 0.246 e. The lowest BCUT2D eigenvalue weighted by Crippen LogP contribution is -2.60. The largest absolute Gasteiger partial charge is 0.476 e. The maximum atomic E-state index is 13.8. The van der Waals surface area contributed by atoms with Gasteiger partial charge in [0, 0.05) is 0 Å². The summed E-state index contributed by atoms with van der Waals surface area (Å²) in [5, 5.41) is 12.8. The topological polar surface area (TPSA) is 104 Å². The summed E-state index contributed by atoms with van der Waals surface area (Å²) in [5.74, 6) is 1.25. The van der Waals surface area contributed by atoms with Crippen molar-refractivity contribution in [2.45, 2.75) is 77.7 Å². The first-order chi connectivity index (χ1) is 20.7. The molecule has 10 heteroatoms. The van der Waals surface area contributed by atoms with Crippen molar-refractivity contribution in [3.8, 4) is 5.88 Å². The van der Waals surface area contributed by atoms with Gasteiger partial charge in [-0.05, 0) is 61.1 Å². The predicted molar refractivity (Wildman–Crippen MR) is 165 cm³/mol. The number of anilines is 2. The third kappa shape index (κ3) is 8.03. The third-order valence-corrected chi connectivity index (χ3v) is 8.67. The first-order valence-electron chi connectivity index (χ1n) is 15.6. The molecular formula is C33H47FN4O5. The van der Waals surface area contributed by atoms with Crippen molar-refractivity contribution in [3.63, 3.8) is 0 Å². The van der Waals surface area contributed by atoms with Crippen molar-refractivity contribution < 1.29 is 28.6 Å². The van der Waals surface area contributed by atoms with Crippen molar-refractivity contribution in [1.82, 2.24) is 10.3 Å². The fourth-order valence-corrected chi connectivity index (χ4v) is 5.80. The van der Waals surface area contributed by atoms with E-state index in [2.05, 4.69) is 5.32 Å². The van der Waals surface area contributed by atoms with Crippen LogP contribution in [0.2, 0.25) is 0 Å². The quantitative estimate of drug-likeness (QED) is 0.243. The van der Waals surface area contributed by atoms with Gasteiger partial charge in [0.1, 0.15) is 23.2 Å². The molecule has 1 aliphatic carbocycles. The summed E-state index contributed by atoms with van der Waals surface area (Å²) in [6, 6.07) is 13.1. The van der Waals surface area contributed by atoms with E-state index in [1.807, 2.05) is 62.9 Å². The van der Waals surface area contributed by atoms with E-state index in [1.54, 1.807) is 12.1 Å². The van der Waals surface area contributed by atoms with Gasteiger partial charge in [-0.3, -0.25) is 14.5 Å². The van der Waals surface area contributed by atoms with E-state index in [9.17, 15) is 19.1 Å². The number of alkyl halides is 1. The number of pyridine rings is 1. The molecule has 9 nitrogen and oxygen atoms in total. The van der Waals surface area contributed by atoms with Crippen LogP contribution < -0.4 is 19.9 Å². The van der Waals surface area contributed by atoms with E-state index in [0.717, 1.165) is 12.0 Å². The average molecular weight is 599 g/mol. The van der Waals surface area contributed by atoms with Gasteiger partial charge in [-0.1, -0.05) is 58.0 Å². The van der Waals surface area contributed by atoms with Crippen molar-refractivity contribution in [1.29, 1.82) is 0 Å². The van der Waals surface area contributed by atoms with Crippen molar-refractivity contribution in [3.05, 3.63) is 48.0 Å². The molecule has 2 aliphatic rings. The van der Waals surface area contributed by atoms with Gasteiger partial charge in [0.2, 0.25) is 18.2 Å². The zero-order valence-electron chi connectivity index (χ0n) is 25.9. The second-order valence-electron chi connectivity index (χ2n) is 12.3. The lowest BCUT2D eigenvalue weighted by atomic mass is 9.88. The number of aliphatic hydroxyl groups is 1. The highest BCUT2D eigenvalue weighted by molar-refractivity contribution is 5.96. The molecule has 2 unspecified atom stereocenters. The summed E-state index contributed by atoms with van der Waals surface area (Å²) in [6.45, 7) is 9.73. The van der Waals surface area contributed by atoms with Crippen molar-refractivity contribution >= 4 is 23.8 Å². The summed E-state index contributed by atoms with van der Waals surface area (Å²) in [6.07, 6.45) is 2.01. The normalized spacial score (nSPS) is 19.1. The van der Waals surface area contributed by atoms with Crippen LogP contribution in [0.25, 0.3) is 0 Å². The summed E-state index contributed by atoms with van der Waals surface area (Å²) in [5.41, 5.74) is 0.593. The molecule has 2 amide bonds. The van der Waals surface area contributed by atoms with E-state index < -0.39 is 17.8 Å². The number of halogens is 1. The SMILES string of the molecule is CCC(CC)(C(=O)N[C@H](CO)CC(C)C)N(C=O)c1ccc(N2CC(F)C2)c(OCC2CC2COCc2ccccc2)n1. The number of hydrogen-bond acceptors (Lipinski definition) is 7. The molecule has 2 N–H and O–H groups in total. The Balaban J connectivity index is 1.48. The van der Waals surface area contributed by atoms with Gasteiger partial charge < -0.3 is 24.8 Å². The van der Waals surface area contributed by atoms with Gasteiger partial charge in [-0.25, -0.2) is 4.39 Å². The fourth-order valence-electron chi connectivity index (χ4n) is 5.80. The lowest BCUT2D eigenvalue weighted by molar-refractivity contribution is -0.129. The molecule has 0 spiro atoms. The van der Waals surface area contributed by atoms with Crippen LogP contribution in [0.5, 0.6) is 5.88 Å².